The van der Waals surface area contributed by atoms with Crippen LogP contribution in [0.1, 0.15) is 24.2 Å². The summed E-state index contributed by atoms with van der Waals surface area (Å²) in [5.74, 6) is -0.486. The van der Waals surface area contributed by atoms with Crippen LogP contribution in [-0.2, 0) is 14.2 Å². The van der Waals surface area contributed by atoms with Gasteiger partial charge in [0, 0.05) is 43.3 Å². The van der Waals surface area contributed by atoms with E-state index in [4.69, 9.17) is 24.4 Å². The molecule has 2 aromatic rings. The molecule has 9 nitrogen and oxygen atoms in total. The lowest BCUT2D eigenvalue weighted by Gasteiger charge is -2.21. The first-order valence-electron chi connectivity index (χ1n) is 10.6. The first-order valence-corrected chi connectivity index (χ1v) is 10.6. The third-order valence-corrected chi connectivity index (χ3v) is 4.63. The highest BCUT2D eigenvalue weighted by Crippen LogP contribution is 2.21. The number of carbonyl (C=O) groups is 1. The maximum absolute atomic E-state index is 12.4. The van der Waals surface area contributed by atoms with Gasteiger partial charge in [0.15, 0.2) is 0 Å². The zero-order chi connectivity index (χ0) is 22.5. The van der Waals surface area contributed by atoms with E-state index in [1.807, 2.05) is 18.2 Å². The van der Waals surface area contributed by atoms with Gasteiger partial charge in [0.25, 0.3) is 5.91 Å². The summed E-state index contributed by atoms with van der Waals surface area (Å²) >= 11 is 0. The van der Waals surface area contributed by atoms with Gasteiger partial charge < -0.3 is 34.6 Å². The Morgan fingerprint density at radius 1 is 1.00 bits per heavy atom. The zero-order valence-electron chi connectivity index (χ0n) is 18.4. The average Bonchev–Trinajstić information content (AvgIpc) is 2.77. The molecule has 0 unspecified atom stereocenters. The lowest BCUT2D eigenvalue weighted by Crippen LogP contribution is -2.31. The average molecular weight is 436 g/mol. The lowest BCUT2D eigenvalue weighted by atomic mass is 10.1. The van der Waals surface area contributed by atoms with Gasteiger partial charge in [-0.05, 0) is 32.0 Å². The van der Waals surface area contributed by atoms with Gasteiger partial charge in [-0.1, -0.05) is 0 Å². The Labute approximate surface area is 182 Å². The first kappa shape index (κ1) is 24.8. The Morgan fingerprint density at radius 3 is 2.29 bits per heavy atom. The Morgan fingerprint density at radius 2 is 1.65 bits per heavy atom. The van der Waals surface area contributed by atoms with Gasteiger partial charge in [-0.2, -0.15) is 0 Å². The fourth-order valence-electron chi connectivity index (χ4n) is 3.00. The van der Waals surface area contributed by atoms with E-state index in [9.17, 15) is 9.59 Å². The summed E-state index contributed by atoms with van der Waals surface area (Å²) in [6.45, 7) is 9.24. The van der Waals surface area contributed by atoms with E-state index in [-0.39, 0.29) is 12.1 Å². The number of hydrogen-bond donors (Lipinski definition) is 2. The Kier molecular flexibility index (Phi) is 11.0. The maximum atomic E-state index is 12.4. The van der Waals surface area contributed by atoms with E-state index in [1.54, 1.807) is 6.07 Å². The van der Waals surface area contributed by atoms with Crippen LogP contribution in [0.15, 0.2) is 33.5 Å². The van der Waals surface area contributed by atoms with Gasteiger partial charge in [-0.15, -0.1) is 0 Å². The molecule has 172 valence electrons. The first-order chi connectivity index (χ1) is 15.1. The van der Waals surface area contributed by atoms with Crippen LogP contribution in [0.5, 0.6) is 0 Å². The Bertz CT molecular complexity index is 866. The molecule has 1 aromatic heterocycles. The molecule has 31 heavy (non-hydrogen) atoms. The molecule has 0 fully saturated rings. The molecule has 0 radical (unpaired) electrons. The van der Waals surface area contributed by atoms with Crippen molar-refractivity contribution in [2.75, 3.05) is 70.7 Å². The maximum Gasteiger partial charge on any atom is 0.349 e. The van der Waals surface area contributed by atoms with Gasteiger partial charge in [0.2, 0.25) is 0 Å². The minimum atomic E-state index is -0.659. The second-order valence-electron chi connectivity index (χ2n) is 6.72. The molecular formula is C22H33N3O6. The van der Waals surface area contributed by atoms with E-state index < -0.39 is 11.5 Å². The number of ether oxygens (including phenoxy) is 3. The largest absolute Gasteiger partial charge is 0.422 e. The van der Waals surface area contributed by atoms with Gasteiger partial charge in [0.05, 0.1) is 39.6 Å². The molecule has 9 heteroatoms. The molecule has 0 saturated carbocycles. The van der Waals surface area contributed by atoms with Crippen molar-refractivity contribution in [3.8, 4) is 0 Å². The second kappa shape index (κ2) is 13.8. The van der Waals surface area contributed by atoms with Crippen molar-refractivity contribution >= 4 is 22.6 Å². The lowest BCUT2D eigenvalue weighted by molar-refractivity contribution is 0.0166. The number of benzene rings is 1. The summed E-state index contributed by atoms with van der Waals surface area (Å²) in [5.41, 5.74) is 6.06. The van der Waals surface area contributed by atoms with Crippen molar-refractivity contribution in [1.29, 1.82) is 0 Å². The summed E-state index contributed by atoms with van der Waals surface area (Å²) < 4.78 is 21.3. The fraction of sp³-hybridized carbons (Fsp3) is 0.545. The van der Waals surface area contributed by atoms with Crippen LogP contribution >= 0.6 is 0 Å². The number of nitrogens with zero attached hydrogens (tertiary/aromatic N) is 1. The molecule has 1 amide bonds. The molecule has 0 atom stereocenters. The van der Waals surface area contributed by atoms with Crippen LogP contribution in [0.2, 0.25) is 0 Å². The van der Waals surface area contributed by atoms with E-state index >= 15 is 0 Å². The van der Waals surface area contributed by atoms with Crippen LogP contribution in [0.25, 0.3) is 11.0 Å². The van der Waals surface area contributed by atoms with Crippen LogP contribution in [0.3, 0.4) is 0 Å². The number of nitrogens with one attached hydrogen (secondary N) is 1. The number of rotatable bonds is 15. The van der Waals surface area contributed by atoms with Crippen LogP contribution in [0, 0.1) is 0 Å². The minimum absolute atomic E-state index is 0.0242. The highest BCUT2D eigenvalue weighted by atomic mass is 16.5. The summed E-state index contributed by atoms with van der Waals surface area (Å²) in [4.78, 5) is 26.8. The number of amides is 1. The molecule has 0 aliphatic carbocycles. The van der Waals surface area contributed by atoms with E-state index in [0.29, 0.717) is 57.2 Å². The predicted octanol–water partition coefficient (Wildman–Crippen LogP) is 1.38. The Hall–Kier alpha value is -2.46. The molecule has 0 aliphatic heterocycles. The van der Waals surface area contributed by atoms with E-state index in [2.05, 4.69) is 24.1 Å². The third kappa shape index (κ3) is 7.95. The van der Waals surface area contributed by atoms with Gasteiger partial charge in [-0.3, -0.25) is 4.79 Å². The van der Waals surface area contributed by atoms with Crippen molar-refractivity contribution in [2.45, 2.75) is 13.8 Å². The molecule has 3 N–H and O–H groups in total. The summed E-state index contributed by atoms with van der Waals surface area (Å²) in [5, 5.41) is 3.37. The quantitative estimate of drug-likeness (QED) is 0.318. The molecule has 0 spiro atoms. The van der Waals surface area contributed by atoms with Crippen LogP contribution in [-0.4, -0.2) is 71.7 Å². The highest BCUT2D eigenvalue weighted by Gasteiger charge is 2.14. The van der Waals surface area contributed by atoms with Crippen molar-refractivity contribution in [1.82, 2.24) is 5.32 Å². The van der Waals surface area contributed by atoms with Gasteiger partial charge in [-0.25, -0.2) is 4.79 Å². The molecule has 0 saturated heterocycles. The van der Waals surface area contributed by atoms with Crippen molar-refractivity contribution < 1.29 is 23.4 Å². The Balaban J connectivity index is 1.77. The smallest absolute Gasteiger partial charge is 0.349 e. The monoisotopic (exact) mass is 435 g/mol. The molecule has 1 aromatic carbocycles. The second-order valence-corrected chi connectivity index (χ2v) is 6.72. The molecule has 0 bridgehead atoms. The summed E-state index contributed by atoms with van der Waals surface area (Å²) in [7, 11) is 0. The van der Waals surface area contributed by atoms with Gasteiger partial charge in [0.1, 0.15) is 11.1 Å². The highest BCUT2D eigenvalue weighted by molar-refractivity contribution is 5.96. The number of nitrogens with two attached hydrogens (primary N) is 1. The van der Waals surface area contributed by atoms with Crippen molar-refractivity contribution in [2.24, 2.45) is 5.73 Å². The zero-order valence-corrected chi connectivity index (χ0v) is 18.4. The molecule has 2 rings (SSSR count). The SMILES string of the molecule is CCN(CC)c1ccc2cc(C(=O)NCCOCCOCCOCCN)c(=O)oc2c1. The van der Waals surface area contributed by atoms with Crippen molar-refractivity contribution in [3.63, 3.8) is 0 Å². The number of anilines is 1. The van der Waals surface area contributed by atoms with Crippen molar-refractivity contribution in [3.05, 3.63) is 40.2 Å². The van der Waals surface area contributed by atoms with E-state index in [0.717, 1.165) is 18.8 Å². The van der Waals surface area contributed by atoms with Crippen LogP contribution in [0.4, 0.5) is 5.69 Å². The summed E-state index contributed by atoms with van der Waals surface area (Å²) in [6, 6.07) is 7.19. The predicted molar refractivity (Wildman–Crippen MR) is 120 cm³/mol. The summed E-state index contributed by atoms with van der Waals surface area (Å²) in [6.07, 6.45) is 0. The third-order valence-electron chi connectivity index (χ3n) is 4.63. The van der Waals surface area contributed by atoms with Crippen LogP contribution < -0.4 is 21.6 Å². The molecule has 1 heterocycles. The molecular weight excluding hydrogens is 402 g/mol. The topological polar surface area (TPSA) is 116 Å². The standard InChI is InChI=1S/C22H33N3O6/c1-3-25(4-2)18-6-5-17-15-19(22(27)31-20(17)16-18)21(26)24-8-10-29-12-14-30-13-11-28-9-7-23/h5-6,15-16H,3-4,7-14,23H2,1-2H3,(H,24,26). The van der Waals surface area contributed by atoms with E-state index in [1.165, 1.54) is 0 Å². The normalized spacial score (nSPS) is 11.1. The number of fused-ring (bicyclic) bond motifs is 1. The molecule has 0 aliphatic rings. The van der Waals surface area contributed by atoms with Gasteiger partial charge >= 0.3 is 5.63 Å². The number of carbonyl (C=O) groups excluding carboxylic acids is 1. The fourth-order valence-corrected chi connectivity index (χ4v) is 3.00. The number of hydrogen-bond acceptors (Lipinski definition) is 8. The minimum Gasteiger partial charge on any atom is -0.422 e.